The van der Waals surface area contributed by atoms with Crippen molar-refractivity contribution >= 4 is 0 Å². The second-order valence-electron chi connectivity index (χ2n) is 5.72. The zero-order valence-electron chi connectivity index (χ0n) is 11.6. The van der Waals surface area contributed by atoms with E-state index in [1.165, 1.54) is 25.7 Å². The molecule has 1 saturated carbocycles. The van der Waals surface area contributed by atoms with E-state index in [4.69, 9.17) is 4.74 Å². The highest BCUT2D eigenvalue weighted by atomic mass is 16.5. The van der Waals surface area contributed by atoms with Gasteiger partial charge in [0.2, 0.25) is 0 Å². The van der Waals surface area contributed by atoms with E-state index < -0.39 is 0 Å². The van der Waals surface area contributed by atoms with Gasteiger partial charge in [0.1, 0.15) is 0 Å². The van der Waals surface area contributed by atoms with Crippen LogP contribution in [0.25, 0.3) is 0 Å². The van der Waals surface area contributed by atoms with Crippen LogP contribution >= 0.6 is 0 Å². The highest BCUT2D eigenvalue weighted by Gasteiger charge is 2.27. The lowest BCUT2D eigenvalue weighted by atomic mass is 10.1. The normalized spacial score (nSPS) is 27.3. The maximum absolute atomic E-state index is 9.42. The van der Waals surface area contributed by atoms with Gasteiger partial charge in [0.05, 0.1) is 12.7 Å². The van der Waals surface area contributed by atoms with Gasteiger partial charge in [-0.05, 0) is 38.6 Å². The molecule has 1 heterocycles. The van der Waals surface area contributed by atoms with Crippen molar-refractivity contribution in [3.63, 3.8) is 0 Å². The van der Waals surface area contributed by atoms with Crippen molar-refractivity contribution in [1.29, 1.82) is 0 Å². The van der Waals surface area contributed by atoms with Crippen LogP contribution in [0.1, 0.15) is 39.0 Å². The van der Waals surface area contributed by atoms with Crippen molar-refractivity contribution in [1.82, 2.24) is 10.2 Å². The molecule has 2 aliphatic rings. The van der Waals surface area contributed by atoms with E-state index in [1.54, 1.807) is 0 Å². The van der Waals surface area contributed by atoms with E-state index >= 15 is 0 Å². The molecular weight excluding hydrogens is 228 g/mol. The summed E-state index contributed by atoms with van der Waals surface area (Å²) in [7, 11) is 0. The number of likely N-dealkylation sites (tertiary alicyclic amines) is 1. The monoisotopic (exact) mass is 256 g/mol. The van der Waals surface area contributed by atoms with Gasteiger partial charge in [0.25, 0.3) is 0 Å². The molecule has 0 aromatic heterocycles. The fourth-order valence-corrected chi connectivity index (χ4v) is 2.66. The van der Waals surface area contributed by atoms with Crippen LogP contribution in [0.2, 0.25) is 0 Å². The summed E-state index contributed by atoms with van der Waals surface area (Å²) >= 11 is 0. The molecule has 0 aromatic rings. The van der Waals surface area contributed by atoms with Crippen molar-refractivity contribution < 1.29 is 9.84 Å². The summed E-state index contributed by atoms with van der Waals surface area (Å²) in [5, 5.41) is 12.9. The lowest BCUT2D eigenvalue weighted by Crippen LogP contribution is -2.48. The molecule has 2 unspecified atom stereocenters. The molecule has 2 fully saturated rings. The first-order valence-corrected chi connectivity index (χ1v) is 7.52. The largest absolute Gasteiger partial charge is 0.395 e. The third-order valence-corrected chi connectivity index (χ3v) is 3.77. The van der Waals surface area contributed by atoms with E-state index in [-0.39, 0.29) is 12.6 Å². The molecule has 0 radical (unpaired) electrons. The van der Waals surface area contributed by atoms with Crippen molar-refractivity contribution in [3.8, 4) is 0 Å². The number of nitrogens with one attached hydrogen (secondary N) is 1. The van der Waals surface area contributed by atoms with Gasteiger partial charge in [-0.2, -0.15) is 0 Å². The molecule has 2 atom stereocenters. The Morgan fingerprint density at radius 1 is 1.39 bits per heavy atom. The van der Waals surface area contributed by atoms with Crippen LogP contribution < -0.4 is 5.32 Å². The van der Waals surface area contributed by atoms with Gasteiger partial charge in [0.15, 0.2) is 0 Å². The van der Waals surface area contributed by atoms with Gasteiger partial charge < -0.3 is 15.2 Å². The number of hydrogen-bond donors (Lipinski definition) is 2. The summed E-state index contributed by atoms with van der Waals surface area (Å²) in [6, 6.07) is 0.904. The minimum Gasteiger partial charge on any atom is -0.395 e. The summed E-state index contributed by atoms with van der Waals surface area (Å²) in [6.45, 7) is 6.41. The molecule has 2 rings (SSSR count). The van der Waals surface area contributed by atoms with Crippen LogP contribution in [0.4, 0.5) is 0 Å². The molecule has 4 nitrogen and oxygen atoms in total. The highest BCUT2D eigenvalue weighted by Crippen LogP contribution is 2.20. The number of aliphatic hydroxyl groups is 1. The third-order valence-electron chi connectivity index (χ3n) is 3.77. The SMILES string of the molecule is CCCOC1CCCN(CC(CO)NC2CC2)C1. The Balaban J connectivity index is 1.69. The fraction of sp³-hybridized carbons (Fsp3) is 1.00. The molecule has 1 saturated heterocycles. The van der Waals surface area contributed by atoms with Gasteiger partial charge in [-0.25, -0.2) is 0 Å². The first kappa shape index (κ1) is 14.3. The molecule has 4 heteroatoms. The smallest absolute Gasteiger partial charge is 0.0702 e. The number of hydrogen-bond acceptors (Lipinski definition) is 4. The third kappa shape index (κ3) is 4.84. The van der Waals surface area contributed by atoms with Gasteiger partial charge in [-0.15, -0.1) is 0 Å². The van der Waals surface area contributed by atoms with Gasteiger partial charge in [0, 0.05) is 31.8 Å². The lowest BCUT2D eigenvalue weighted by Gasteiger charge is -2.34. The first-order chi connectivity index (χ1) is 8.81. The summed E-state index contributed by atoms with van der Waals surface area (Å²) in [4.78, 5) is 2.44. The standard InChI is InChI=1S/C14H28N2O2/c1-2-8-18-14-4-3-7-16(10-14)9-13(11-17)15-12-5-6-12/h12-15,17H,2-11H2,1H3. The number of rotatable bonds is 8. The molecule has 106 valence electrons. The Morgan fingerprint density at radius 2 is 2.22 bits per heavy atom. The molecule has 0 spiro atoms. The summed E-state index contributed by atoms with van der Waals surface area (Å²) in [5.41, 5.74) is 0. The summed E-state index contributed by atoms with van der Waals surface area (Å²) in [6.07, 6.45) is 6.46. The van der Waals surface area contributed by atoms with E-state index in [0.717, 1.165) is 32.7 Å². The number of aliphatic hydroxyl groups excluding tert-OH is 1. The van der Waals surface area contributed by atoms with Crippen LogP contribution in [-0.2, 0) is 4.74 Å². The molecule has 0 aromatic carbocycles. The van der Waals surface area contributed by atoms with Gasteiger partial charge in [-0.1, -0.05) is 6.92 Å². The zero-order chi connectivity index (χ0) is 12.8. The number of nitrogens with zero attached hydrogens (tertiary/aromatic N) is 1. The highest BCUT2D eigenvalue weighted by molar-refractivity contribution is 4.87. The van der Waals surface area contributed by atoms with Crippen LogP contribution in [0.5, 0.6) is 0 Å². The van der Waals surface area contributed by atoms with Crippen molar-refractivity contribution in [2.45, 2.75) is 57.2 Å². The predicted octanol–water partition coefficient (Wildman–Crippen LogP) is 0.990. The zero-order valence-corrected chi connectivity index (χ0v) is 11.6. The molecule has 0 bridgehead atoms. The van der Waals surface area contributed by atoms with Crippen LogP contribution in [0, 0.1) is 0 Å². The maximum atomic E-state index is 9.42. The average molecular weight is 256 g/mol. The van der Waals surface area contributed by atoms with Crippen molar-refractivity contribution in [3.05, 3.63) is 0 Å². The second kappa shape index (κ2) is 7.43. The van der Waals surface area contributed by atoms with Gasteiger partial charge in [-0.3, -0.25) is 4.90 Å². The molecule has 1 aliphatic carbocycles. The van der Waals surface area contributed by atoms with Gasteiger partial charge >= 0.3 is 0 Å². The quantitative estimate of drug-likeness (QED) is 0.680. The van der Waals surface area contributed by atoms with Crippen LogP contribution in [0.15, 0.2) is 0 Å². The molecule has 18 heavy (non-hydrogen) atoms. The second-order valence-corrected chi connectivity index (χ2v) is 5.72. The average Bonchev–Trinajstić information content (AvgIpc) is 3.20. The van der Waals surface area contributed by atoms with E-state index in [0.29, 0.717) is 12.1 Å². The summed E-state index contributed by atoms with van der Waals surface area (Å²) in [5.74, 6) is 0. The van der Waals surface area contributed by atoms with Crippen molar-refractivity contribution in [2.75, 3.05) is 32.8 Å². The Hall–Kier alpha value is -0.160. The van der Waals surface area contributed by atoms with Crippen molar-refractivity contribution in [2.24, 2.45) is 0 Å². The van der Waals surface area contributed by atoms with Crippen LogP contribution in [0.3, 0.4) is 0 Å². The Morgan fingerprint density at radius 3 is 2.89 bits per heavy atom. The lowest BCUT2D eigenvalue weighted by molar-refractivity contribution is -0.00395. The fourth-order valence-electron chi connectivity index (χ4n) is 2.66. The topological polar surface area (TPSA) is 44.7 Å². The molecule has 1 aliphatic heterocycles. The predicted molar refractivity (Wildman–Crippen MR) is 72.7 cm³/mol. The maximum Gasteiger partial charge on any atom is 0.0702 e. The first-order valence-electron chi connectivity index (χ1n) is 7.52. The number of ether oxygens (including phenoxy) is 1. The minimum atomic E-state index is 0.238. The summed E-state index contributed by atoms with van der Waals surface area (Å²) < 4.78 is 5.85. The Labute approximate surface area is 111 Å². The number of piperidine rings is 1. The Kier molecular flexibility index (Phi) is 5.89. The Bertz CT molecular complexity index is 234. The minimum absolute atomic E-state index is 0.238. The molecule has 0 amide bonds. The van der Waals surface area contributed by atoms with E-state index in [9.17, 15) is 5.11 Å². The molecular formula is C14H28N2O2. The van der Waals surface area contributed by atoms with E-state index in [2.05, 4.69) is 17.1 Å². The van der Waals surface area contributed by atoms with Crippen LogP contribution in [-0.4, -0.2) is 61.0 Å². The van der Waals surface area contributed by atoms with E-state index in [1.807, 2.05) is 0 Å². The molecule has 2 N–H and O–H groups in total.